The van der Waals surface area contributed by atoms with Crippen molar-refractivity contribution in [2.45, 2.75) is 4.90 Å². The number of carbonyl (C=O) groups excluding carboxylic acids is 1. The normalized spacial score (nSPS) is 17.3. The van der Waals surface area contributed by atoms with Crippen LogP contribution < -0.4 is 0 Å². The number of hydrogen-bond donors (Lipinski definition) is 0. The van der Waals surface area contributed by atoms with E-state index in [0.29, 0.717) is 4.47 Å². The second-order valence-corrected chi connectivity index (χ2v) is 6.26. The molecule has 0 aromatic heterocycles. The highest BCUT2D eigenvalue weighted by Crippen LogP contribution is 2.31. The molecule has 1 aromatic rings. The van der Waals surface area contributed by atoms with E-state index in [4.69, 9.17) is 4.74 Å². The third kappa shape index (κ3) is 1.98. The van der Waals surface area contributed by atoms with Crippen LogP contribution in [-0.4, -0.2) is 38.9 Å². The Hall–Kier alpha value is -0.920. The summed E-state index contributed by atoms with van der Waals surface area (Å²) in [7, 11) is -2.25. The van der Waals surface area contributed by atoms with Crippen molar-refractivity contribution in [1.29, 1.82) is 0 Å². The molecule has 1 aliphatic heterocycles. The van der Waals surface area contributed by atoms with E-state index in [0.717, 1.165) is 4.31 Å². The molecular weight excluding hydrogens is 310 g/mol. The minimum Gasteiger partial charge on any atom is -0.383 e. The van der Waals surface area contributed by atoms with Crippen molar-refractivity contribution in [3.8, 4) is 0 Å². The summed E-state index contributed by atoms with van der Waals surface area (Å²) >= 11 is 3.21. The highest BCUT2D eigenvalue weighted by atomic mass is 79.9. The average Bonchev–Trinajstić information content (AvgIpc) is 2.45. The molecule has 7 heteroatoms. The van der Waals surface area contributed by atoms with Crippen molar-refractivity contribution in [3.05, 3.63) is 28.2 Å². The second kappa shape index (κ2) is 4.40. The van der Waals surface area contributed by atoms with Crippen molar-refractivity contribution >= 4 is 31.9 Å². The van der Waals surface area contributed by atoms with Gasteiger partial charge in [0, 0.05) is 11.6 Å². The van der Waals surface area contributed by atoms with E-state index < -0.39 is 15.9 Å². The summed E-state index contributed by atoms with van der Waals surface area (Å²) in [4.78, 5) is 12.0. The average molecular weight is 320 g/mol. The largest absolute Gasteiger partial charge is 0.383 e. The Kier molecular flexibility index (Phi) is 3.24. The second-order valence-electron chi connectivity index (χ2n) is 3.52. The number of halogens is 1. The first-order chi connectivity index (χ1) is 7.98. The molecule has 0 spiro atoms. The van der Waals surface area contributed by atoms with Crippen molar-refractivity contribution in [2.24, 2.45) is 0 Å². The molecular formula is C10H10BrNO4S. The van der Waals surface area contributed by atoms with Crippen LogP contribution in [0, 0.1) is 0 Å². The fourth-order valence-electron chi connectivity index (χ4n) is 1.65. The molecule has 92 valence electrons. The zero-order chi connectivity index (χ0) is 12.6. The molecule has 0 saturated carbocycles. The smallest absolute Gasteiger partial charge is 0.269 e. The zero-order valence-electron chi connectivity index (χ0n) is 9.01. The van der Waals surface area contributed by atoms with Gasteiger partial charge in [0.05, 0.1) is 18.7 Å². The summed E-state index contributed by atoms with van der Waals surface area (Å²) in [5.41, 5.74) is 0.204. The van der Waals surface area contributed by atoms with E-state index >= 15 is 0 Å². The lowest BCUT2D eigenvalue weighted by Gasteiger charge is -2.13. The number of nitrogens with zero attached hydrogens (tertiary/aromatic N) is 1. The van der Waals surface area contributed by atoms with Crippen LogP contribution in [0.3, 0.4) is 0 Å². The van der Waals surface area contributed by atoms with Crippen LogP contribution in [0.25, 0.3) is 0 Å². The van der Waals surface area contributed by atoms with Gasteiger partial charge in [0.1, 0.15) is 4.90 Å². The molecule has 1 amide bonds. The lowest BCUT2D eigenvalue weighted by atomic mass is 10.2. The topological polar surface area (TPSA) is 63.7 Å². The van der Waals surface area contributed by atoms with Gasteiger partial charge in [-0.15, -0.1) is 0 Å². The summed E-state index contributed by atoms with van der Waals surface area (Å²) in [5, 5.41) is 0. The molecule has 2 rings (SSSR count). The van der Waals surface area contributed by atoms with Crippen LogP contribution in [0.1, 0.15) is 10.4 Å². The maximum Gasteiger partial charge on any atom is 0.269 e. The highest BCUT2D eigenvalue weighted by molar-refractivity contribution is 9.10. The fourth-order valence-corrected chi connectivity index (χ4v) is 3.55. The maximum atomic E-state index is 12.0. The molecule has 0 N–H and O–H groups in total. The quantitative estimate of drug-likeness (QED) is 0.841. The summed E-state index contributed by atoms with van der Waals surface area (Å²) in [6, 6.07) is 4.55. The van der Waals surface area contributed by atoms with Gasteiger partial charge in [-0.05, 0) is 18.2 Å². The van der Waals surface area contributed by atoms with Gasteiger partial charge in [0.2, 0.25) is 0 Å². The third-order valence-corrected chi connectivity index (χ3v) is 4.80. The molecule has 1 aliphatic rings. The number of fused-ring (bicyclic) bond motifs is 1. The van der Waals surface area contributed by atoms with Crippen LogP contribution in [0.5, 0.6) is 0 Å². The Balaban J connectivity index is 2.49. The van der Waals surface area contributed by atoms with Gasteiger partial charge in [0.15, 0.2) is 0 Å². The molecule has 0 radical (unpaired) electrons. The first kappa shape index (κ1) is 12.5. The summed E-state index contributed by atoms with van der Waals surface area (Å²) in [6.45, 7) is 0.212. The standard InChI is InChI=1S/C10H10BrNO4S/c1-16-5-4-12-10(13)8-6-7(11)2-3-9(8)17(12,14)15/h2-3,6H,4-5H2,1H3. The van der Waals surface area contributed by atoms with Crippen molar-refractivity contribution in [3.63, 3.8) is 0 Å². The number of rotatable bonds is 3. The van der Waals surface area contributed by atoms with Crippen LogP contribution in [0.15, 0.2) is 27.6 Å². The van der Waals surface area contributed by atoms with Crippen molar-refractivity contribution in [2.75, 3.05) is 20.3 Å². The Morgan fingerprint density at radius 3 is 2.76 bits per heavy atom. The van der Waals surface area contributed by atoms with Crippen LogP contribution in [0.2, 0.25) is 0 Å². The van der Waals surface area contributed by atoms with Gasteiger partial charge in [-0.25, -0.2) is 12.7 Å². The minimum atomic E-state index is -3.70. The summed E-state index contributed by atoms with van der Waals surface area (Å²) in [6.07, 6.45) is 0. The van der Waals surface area contributed by atoms with Gasteiger partial charge in [0.25, 0.3) is 15.9 Å². The number of hydrogen-bond acceptors (Lipinski definition) is 4. The highest BCUT2D eigenvalue weighted by Gasteiger charge is 2.40. The van der Waals surface area contributed by atoms with Gasteiger partial charge in [-0.2, -0.15) is 0 Å². The van der Waals surface area contributed by atoms with E-state index in [1.165, 1.54) is 19.2 Å². The molecule has 17 heavy (non-hydrogen) atoms. The van der Waals surface area contributed by atoms with E-state index in [2.05, 4.69) is 15.9 Å². The Bertz CT molecular complexity index is 570. The number of carbonyl (C=O) groups is 1. The minimum absolute atomic E-state index is 0.0317. The summed E-state index contributed by atoms with van der Waals surface area (Å²) < 4.78 is 30.4. The van der Waals surface area contributed by atoms with E-state index in [-0.39, 0.29) is 23.6 Å². The lowest BCUT2D eigenvalue weighted by molar-refractivity contribution is 0.0836. The fraction of sp³-hybridized carbons (Fsp3) is 0.300. The van der Waals surface area contributed by atoms with Crippen LogP contribution in [-0.2, 0) is 14.8 Å². The number of amides is 1. The predicted molar refractivity (Wildman–Crippen MR) is 64.2 cm³/mol. The molecule has 0 unspecified atom stereocenters. The molecule has 1 heterocycles. The van der Waals surface area contributed by atoms with Gasteiger partial charge < -0.3 is 4.74 Å². The van der Waals surface area contributed by atoms with Crippen molar-refractivity contribution < 1.29 is 17.9 Å². The van der Waals surface area contributed by atoms with E-state index in [9.17, 15) is 13.2 Å². The lowest BCUT2D eigenvalue weighted by Crippen LogP contribution is -2.32. The number of ether oxygens (including phenoxy) is 1. The van der Waals surface area contributed by atoms with E-state index in [1.807, 2.05) is 0 Å². The Labute approximate surface area is 108 Å². The molecule has 0 bridgehead atoms. The SMILES string of the molecule is COCCN1C(=O)c2cc(Br)ccc2S1(=O)=O. The third-order valence-electron chi connectivity index (χ3n) is 2.47. The summed E-state index contributed by atoms with van der Waals surface area (Å²) in [5.74, 6) is -0.502. The zero-order valence-corrected chi connectivity index (χ0v) is 11.4. The molecule has 0 aliphatic carbocycles. The maximum absolute atomic E-state index is 12.0. The van der Waals surface area contributed by atoms with Gasteiger partial charge in [-0.1, -0.05) is 15.9 Å². The molecule has 0 atom stereocenters. The number of sulfonamides is 1. The van der Waals surface area contributed by atoms with E-state index in [1.54, 1.807) is 6.07 Å². The molecule has 0 fully saturated rings. The molecule has 0 saturated heterocycles. The number of methoxy groups -OCH3 is 1. The molecule has 5 nitrogen and oxygen atoms in total. The first-order valence-electron chi connectivity index (χ1n) is 4.84. The Morgan fingerprint density at radius 1 is 1.41 bits per heavy atom. The first-order valence-corrected chi connectivity index (χ1v) is 7.07. The monoisotopic (exact) mass is 319 g/mol. The van der Waals surface area contributed by atoms with Crippen molar-refractivity contribution in [1.82, 2.24) is 4.31 Å². The predicted octanol–water partition coefficient (Wildman–Crippen LogP) is 1.24. The van der Waals surface area contributed by atoms with Crippen LogP contribution >= 0.6 is 15.9 Å². The van der Waals surface area contributed by atoms with Crippen LogP contribution in [0.4, 0.5) is 0 Å². The Morgan fingerprint density at radius 2 is 2.12 bits per heavy atom. The van der Waals surface area contributed by atoms with Gasteiger partial charge >= 0.3 is 0 Å². The molecule has 1 aromatic carbocycles. The van der Waals surface area contributed by atoms with Gasteiger partial charge in [-0.3, -0.25) is 4.79 Å². The number of benzene rings is 1.